The molecule has 5 rings (SSSR count). The molecular formula is C26H27N3O6. The summed E-state index contributed by atoms with van der Waals surface area (Å²) in [5.41, 5.74) is 2.99. The molecule has 2 heterocycles. The summed E-state index contributed by atoms with van der Waals surface area (Å²) < 4.78 is 16.9. The van der Waals surface area contributed by atoms with Crippen LogP contribution in [0.2, 0.25) is 0 Å². The van der Waals surface area contributed by atoms with Crippen molar-refractivity contribution in [2.45, 2.75) is 50.2 Å². The van der Waals surface area contributed by atoms with Crippen molar-refractivity contribution in [1.29, 1.82) is 0 Å². The Balaban J connectivity index is 1.32. The lowest BCUT2D eigenvalue weighted by Crippen LogP contribution is -2.48. The molecule has 2 aromatic carbocycles. The van der Waals surface area contributed by atoms with Crippen LogP contribution in [-0.4, -0.2) is 46.1 Å². The molecule has 1 saturated heterocycles. The fraction of sp³-hybridized carbons (Fsp3) is 0.385. The third-order valence-corrected chi connectivity index (χ3v) is 6.57. The normalized spacial score (nSPS) is 20.3. The van der Waals surface area contributed by atoms with Crippen molar-refractivity contribution in [3.63, 3.8) is 0 Å². The van der Waals surface area contributed by atoms with Gasteiger partial charge < -0.3 is 24.4 Å². The number of carboxylic acid groups (broad SMARTS) is 1. The highest BCUT2D eigenvalue weighted by molar-refractivity contribution is 5.79. The first-order valence-electron chi connectivity index (χ1n) is 11.6. The quantitative estimate of drug-likeness (QED) is 0.523. The minimum Gasteiger partial charge on any atom is -0.481 e. The second-order valence-corrected chi connectivity index (χ2v) is 9.66. The molecule has 1 aliphatic heterocycles. The molecule has 182 valence electrons. The molecule has 1 unspecified atom stereocenters. The van der Waals surface area contributed by atoms with Gasteiger partial charge in [0.2, 0.25) is 5.89 Å². The summed E-state index contributed by atoms with van der Waals surface area (Å²) >= 11 is 0. The van der Waals surface area contributed by atoms with Gasteiger partial charge in [-0.2, -0.15) is 4.98 Å². The third-order valence-electron chi connectivity index (χ3n) is 6.57. The van der Waals surface area contributed by atoms with Crippen LogP contribution in [0.3, 0.4) is 0 Å². The lowest BCUT2D eigenvalue weighted by molar-refractivity contribution is -0.137. The number of aliphatic carboxylic acids is 1. The molecular weight excluding hydrogens is 450 g/mol. The number of nitrogens with zero attached hydrogens (tertiary/aromatic N) is 2. The van der Waals surface area contributed by atoms with Crippen molar-refractivity contribution in [3.8, 4) is 11.1 Å². The van der Waals surface area contributed by atoms with E-state index in [1.54, 1.807) is 0 Å². The largest absolute Gasteiger partial charge is 0.481 e. The minimum absolute atomic E-state index is 0.0619. The maximum Gasteiger partial charge on any atom is 0.408 e. The van der Waals surface area contributed by atoms with Gasteiger partial charge in [-0.25, -0.2) is 4.79 Å². The summed E-state index contributed by atoms with van der Waals surface area (Å²) in [6.07, 6.45) is -0.225. The zero-order valence-corrected chi connectivity index (χ0v) is 19.6. The van der Waals surface area contributed by atoms with Crippen molar-refractivity contribution in [1.82, 2.24) is 15.5 Å². The average molecular weight is 478 g/mol. The number of rotatable bonds is 7. The van der Waals surface area contributed by atoms with E-state index in [1.165, 1.54) is 0 Å². The third kappa shape index (κ3) is 4.51. The number of nitrogens with one attached hydrogen (secondary N) is 1. The van der Waals surface area contributed by atoms with Crippen molar-refractivity contribution < 1.29 is 28.7 Å². The molecule has 2 N–H and O–H groups in total. The van der Waals surface area contributed by atoms with Crippen molar-refractivity contribution in [2.75, 3.05) is 13.2 Å². The zero-order chi connectivity index (χ0) is 24.6. The molecule has 1 atom stereocenters. The summed E-state index contributed by atoms with van der Waals surface area (Å²) in [6, 6.07) is 16.3. The molecule has 1 aromatic heterocycles. The number of hydrogen-bond donors (Lipinski definition) is 2. The van der Waals surface area contributed by atoms with Crippen LogP contribution in [-0.2, 0) is 26.2 Å². The van der Waals surface area contributed by atoms with Crippen LogP contribution in [0, 0.1) is 0 Å². The van der Waals surface area contributed by atoms with E-state index in [4.69, 9.17) is 19.1 Å². The molecule has 9 heteroatoms. The number of fused-ring (bicyclic) bond motifs is 3. The monoisotopic (exact) mass is 477 g/mol. The van der Waals surface area contributed by atoms with E-state index in [9.17, 15) is 9.59 Å². The smallest absolute Gasteiger partial charge is 0.408 e. The van der Waals surface area contributed by atoms with Crippen LogP contribution >= 0.6 is 0 Å². The van der Waals surface area contributed by atoms with E-state index < -0.39 is 23.2 Å². The number of alkyl carbamates (subject to hydrolysis) is 1. The summed E-state index contributed by atoms with van der Waals surface area (Å²) in [5, 5.41) is 15.9. The van der Waals surface area contributed by atoms with Crippen LogP contribution in [0.25, 0.3) is 11.1 Å². The van der Waals surface area contributed by atoms with Crippen molar-refractivity contribution >= 4 is 12.1 Å². The fourth-order valence-electron chi connectivity index (χ4n) is 5.02. The topological polar surface area (TPSA) is 124 Å². The van der Waals surface area contributed by atoms with Crippen LogP contribution in [0.4, 0.5) is 4.79 Å². The summed E-state index contributed by atoms with van der Waals surface area (Å²) in [4.78, 5) is 28.3. The molecule has 0 bridgehead atoms. The SMILES string of the molecule is CC1(C)CC(NC(=O)OCC2c3ccccc3-c3ccccc32)(c2noc(CCC(=O)O)n2)CO1. The van der Waals surface area contributed by atoms with Gasteiger partial charge in [0.15, 0.2) is 5.82 Å². The molecule has 1 fully saturated rings. The molecule has 1 amide bonds. The molecule has 1 aliphatic carbocycles. The number of carbonyl (C=O) groups excluding carboxylic acids is 1. The number of amides is 1. The number of carboxylic acids is 1. The lowest BCUT2D eigenvalue weighted by atomic mass is 9.90. The van der Waals surface area contributed by atoms with E-state index in [1.807, 2.05) is 38.1 Å². The van der Waals surface area contributed by atoms with Gasteiger partial charge in [-0.05, 0) is 36.1 Å². The first kappa shape index (κ1) is 23.0. The summed E-state index contributed by atoms with van der Waals surface area (Å²) in [6.45, 7) is 4.15. The Labute approximate surface area is 202 Å². The predicted octanol–water partition coefficient (Wildman–Crippen LogP) is 4.02. The molecule has 9 nitrogen and oxygen atoms in total. The first-order valence-corrected chi connectivity index (χ1v) is 11.6. The number of carbonyl (C=O) groups is 2. The highest BCUT2D eigenvalue weighted by Crippen LogP contribution is 2.44. The Morgan fingerprint density at radius 2 is 1.77 bits per heavy atom. The van der Waals surface area contributed by atoms with E-state index in [0.717, 1.165) is 22.3 Å². The van der Waals surface area contributed by atoms with Gasteiger partial charge in [-0.3, -0.25) is 4.79 Å². The van der Waals surface area contributed by atoms with Crippen molar-refractivity contribution in [2.24, 2.45) is 0 Å². The van der Waals surface area contributed by atoms with E-state index in [2.05, 4.69) is 39.7 Å². The lowest BCUT2D eigenvalue weighted by Gasteiger charge is -2.26. The Morgan fingerprint density at radius 3 is 2.37 bits per heavy atom. The van der Waals surface area contributed by atoms with E-state index >= 15 is 0 Å². The first-order chi connectivity index (χ1) is 16.8. The Bertz CT molecular complexity index is 1220. The number of ether oxygens (including phenoxy) is 2. The van der Waals surface area contributed by atoms with Crippen LogP contribution < -0.4 is 5.32 Å². The standard InChI is InChI=1S/C26H27N3O6/c1-25(2)14-26(15-34-25,23-27-21(35-29-23)11-12-22(30)31)28-24(32)33-13-20-18-9-5-3-7-16(18)17-8-4-6-10-19(17)20/h3-10,20H,11-15H2,1-2H3,(H,28,32)(H,30,31). The Hall–Kier alpha value is -3.72. The van der Waals surface area contributed by atoms with Gasteiger partial charge in [0.25, 0.3) is 0 Å². The van der Waals surface area contributed by atoms with Gasteiger partial charge in [0.05, 0.1) is 18.6 Å². The second kappa shape index (κ2) is 8.81. The zero-order valence-electron chi connectivity index (χ0n) is 19.6. The van der Waals surface area contributed by atoms with Crippen LogP contribution in [0.15, 0.2) is 53.1 Å². The highest BCUT2D eigenvalue weighted by Gasteiger charge is 2.50. The molecule has 0 radical (unpaired) electrons. The minimum atomic E-state index is -1.04. The maximum absolute atomic E-state index is 13.0. The molecule has 0 saturated carbocycles. The molecule has 0 spiro atoms. The van der Waals surface area contributed by atoms with Gasteiger partial charge >= 0.3 is 12.1 Å². The summed E-state index contributed by atoms with van der Waals surface area (Å²) in [5.74, 6) is -0.576. The molecule has 35 heavy (non-hydrogen) atoms. The van der Waals surface area contributed by atoms with Crippen LogP contribution in [0.5, 0.6) is 0 Å². The van der Waals surface area contributed by atoms with Gasteiger partial charge in [-0.15, -0.1) is 0 Å². The fourth-order valence-corrected chi connectivity index (χ4v) is 5.02. The summed E-state index contributed by atoms with van der Waals surface area (Å²) in [7, 11) is 0. The maximum atomic E-state index is 13.0. The number of aryl methyl sites for hydroxylation is 1. The highest BCUT2D eigenvalue weighted by atomic mass is 16.6. The van der Waals surface area contributed by atoms with Gasteiger partial charge in [0, 0.05) is 18.8 Å². The predicted molar refractivity (Wildman–Crippen MR) is 125 cm³/mol. The van der Waals surface area contributed by atoms with E-state index in [0.29, 0.717) is 6.42 Å². The van der Waals surface area contributed by atoms with Crippen molar-refractivity contribution in [3.05, 3.63) is 71.4 Å². The Kier molecular flexibility index (Phi) is 5.80. The number of aromatic nitrogens is 2. The number of hydrogen-bond acceptors (Lipinski definition) is 7. The molecule has 2 aliphatic rings. The van der Waals surface area contributed by atoms with Crippen LogP contribution in [0.1, 0.15) is 55.4 Å². The Morgan fingerprint density at radius 1 is 1.11 bits per heavy atom. The van der Waals surface area contributed by atoms with E-state index in [-0.39, 0.29) is 43.7 Å². The molecule has 3 aromatic rings. The second-order valence-electron chi connectivity index (χ2n) is 9.66. The average Bonchev–Trinajstić information content (AvgIpc) is 3.51. The van der Waals surface area contributed by atoms with Gasteiger partial charge in [0.1, 0.15) is 12.1 Å². The van der Waals surface area contributed by atoms with Gasteiger partial charge in [-0.1, -0.05) is 53.7 Å². The number of benzene rings is 2.